The standard InChI is InChI=1S/C22H30FN3O3S2.C4H4O4/c1-16-26(21(27)22(2,3)31(16,28)29)9-5-4-8-24-10-12-25(13-11-24)19-15-30-20-14-17(23)6-7-18(19)20;5-3(6)1-2-4(7)8/h6-7,14-16H,4-5,8-13H2,1-3H3;1-2H,(H,5,6)(H,7,8). The third kappa shape index (κ3) is 6.95. The molecule has 2 aliphatic heterocycles. The van der Waals surface area contributed by atoms with Gasteiger partial charge in [0.15, 0.2) is 9.84 Å². The SMILES string of the molecule is CC1N(CCCCN2CCN(c3csc4cc(F)ccc34)CC2)C(=O)C(C)(C)S1(=O)=O.O=C(O)C=CC(=O)O. The number of hydrogen-bond acceptors (Lipinski definition) is 8. The van der Waals surface area contributed by atoms with Crippen molar-refractivity contribution >= 4 is 54.8 Å². The van der Waals surface area contributed by atoms with Gasteiger partial charge in [-0.15, -0.1) is 11.3 Å². The van der Waals surface area contributed by atoms with Crippen LogP contribution in [-0.2, 0) is 24.2 Å². The van der Waals surface area contributed by atoms with Crippen LogP contribution in [-0.4, -0.2) is 95.7 Å². The number of carboxylic acids is 2. The number of amides is 1. The van der Waals surface area contributed by atoms with E-state index < -0.39 is 31.9 Å². The molecule has 0 bridgehead atoms. The van der Waals surface area contributed by atoms with Gasteiger partial charge in [0.1, 0.15) is 15.9 Å². The fourth-order valence-corrected chi connectivity index (χ4v) is 7.46. The Balaban J connectivity index is 0.000000459. The van der Waals surface area contributed by atoms with Crippen molar-refractivity contribution in [3.63, 3.8) is 0 Å². The Morgan fingerprint density at radius 2 is 1.67 bits per heavy atom. The van der Waals surface area contributed by atoms with Crippen LogP contribution < -0.4 is 4.90 Å². The first kappa shape index (κ1) is 30.5. The number of unbranched alkanes of at least 4 members (excludes halogenated alkanes) is 1. The lowest BCUT2D eigenvalue weighted by Gasteiger charge is -2.36. The number of rotatable bonds is 8. The maximum atomic E-state index is 13.4. The number of carbonyl (C=O) groups is 3. The highest BCUT2D eigenvalue weighted by atomic mass is 32.2. The Bertz CT molecular complexity index is 1330. The van der Waals surface area contributed by atoms with E-state index in [9.17, 15) is 27.2 Å². The molecule has 1 aromatic carbocycles. The van der Waals surface area contributed by atoms with E-state index >= 15 is 0 Å². The fourth-order valence-electron chi connectivity index (χ4n) is 4.72. The van der Waals surface area contributed by atoms with E-state index in [0.717, 1.165) is 55.7 Å². The van der Waals surface area contributed by atoms with Gasteiger partial charge in [0.2, 0.25) is 5.91 Å². The third-order valence-corrected chi connectivity index (χ3v) is 10.8. The Hall–Kier alpha value is -3.03. The zero-order valence-electron chi connectivity index (χ0n) is 22.2. The van der Waals surface area contributed by atoms with Gasteiger partial charge in [-0.1, -0.05) is 0 Å². The molecular formula is C26H34FN3O7S2. The van der Waals surface area contributed by atoms with Crippen molar-refractivity contribution in [3.8, 4) is 0 Å². The number of anilines is 1. The van der Waals surface area contributed by atoms with Crippen molar-refractivity contribution in [2.45, 2.75) is 43.7 Å². The minimum atomic E-state index is -3.46. The summed E-state index contributed by atoms with van der Waals surface area (Å²) in [5.74, 6) is -2.99. The molecule has 1 aromatic heterocycles. The Labute approximate surface area is 231 Å². The quantitative estimate of drug-likeness (QED) is 0.355. The van der Waals surface area contributed by atoms with Crippen LogP contribution in [0.2, 0.25) is 0 Å². The number of aliphatic carboxylic acids is 2. The maximum absolute atomic E-state index is 13.4. The minimum Gasteiger partial charge on any atom is -0.478 e. The van der Waals surface area contributed by atoms with Gasteiger partial charge in [0, 0.05) is 60.3 Å². The number of carbonyl (C=O) groups excluding carboxylic acids is 1. The summed E-state index contributed by atoms with van der Waals surface area (Å²) in [7, 11) is -3.46. The first-order chi connectivity index (χ1) is 18.3. The summed E-state index contributed by atoms with van der Waals surface area (Å²) in [4.78, 5) is 37.9. The van der Waals surface area contributed by atoms with Crippen LogP contribution in [0.3, 0.4) is 0 Å². The first-order valence-corrected chi connectivity index (χ1v) is 15.0. The Morgan fingerprint density at radius 3 is 2.21 bits per heavy atom. The molecule has 1 unspecified atom stereocenters. The number of nitrogens with zero attached hydrogens (tertiary/aromatic N) is 3. The number of thiophene rings is 1. The second kappa shape index (κ2) is 12.4. The predicted molar refractivity (Wildman–Crippen MR) is 148 cm³/mol. The highest BCUT2D eigenvalue weighted by Crippen LogP contribution is 2.35. The van der Waals surface area contributed by atoms with E-state index in [0.29, 0.717) is 18.7 Å². The number of halogens is 1. The molecule has 13 heteroatoms. The number of carboxylic acid groups (broad SMARTS) is 2. The van der Waals surface area contributed by atoms with E-state index in [-0.39, 0.29) is 11.7 Å². The van der Waals surface area contributed by atoms with Crippen LogP contribution in [0.25, 0.3) is 10.1 Å². The minimum absolute atomic E-state index is 0.197. The molecule has 214 valence electrons. The molecule has 0 aliphatic carbocycles. The molecule has 3 heterocycles. The van der Waals surface area contributed by atoms with Crippen molar-refractivity contribution < 1.29 is 37.4 Å². The number of fused-ring (bicyclic) bond motifs is 1. The second-order valence-corrected chi connectivity index (χ2v) is 13.7. The van der Waals surface area contributed by atoms with Crippen LogP contribution in [0.1, 0.15) is 33.6 Å². The van der Waals surface area contributed by atoms with E-state index in [4.69, 9.17) is 10.2 Å². The van der Waals surface area contributed by atoms with Gasteiger partial charge < -0.3 is 20.0 Å². The smallest absolute Gasteiger partial charge is 0.328 e. The van der Waals surface area contributed by atoms with Crippen LogP contribution in [0, 0.1) is 5.82 Å². The van der Waals surface area contributed by atoms with Crippen LogP contribution in [0.5, 0.6) is 0 Å². The number of piperazine rings is 1. The summed E-state index contributed by atoms with van der Waals surface area (Å²) >= 11 is 1.58. The second-order valence-electron chi connectivity index (χ2n) is 9.96. The number of sulfone groups is 1. The van der Waals surface area contributed by atoms with E-state index in [2.05, 4.69) is 15.2 Å². The van der Waals surface area contributed by atoms with Gasteiger partial charge in [0.25, 0.3) is 0 Å². The molecule has 2 saturated heterocycles. The van der Waals surface area contributed by atoms with Crippen molar-refractivity contribution in [1.82, 2.24) is 9.80 Å². The molecule has 39 heavy (non-hydrogen) atoms. The van der Waals surface area contributed by atoms with Crippen molar-refractivity contribution in [1.29, 1.82) is 0 Å². The topological polar surface area (TPSA) is 136 Å². The number of benzene rings is 1. The van der Waals surface area contributed by atoms with Crippen LogP contribution in [0.4, 0.5) is 10.1 Å². The van der Waals surface area contributed by atoms with Gasteiger partial charge >= 0.3 is 11.9 Å². The van der Waals surface area contributed by atoms with Gasteiger partial charge in [-0.2, -0.15) is 0 Å². The maximum Gasteiger partial charge on any atom is 0.328 e. The average Bonchev–Trinajstić information content (AvgIpc) is 3.34. The highest BCUT2D eigenvalue weighted by Gasteiger charge is 2.56. The Kier molecular flexibility index (Phi) is 9.73. The summed E-state index contributed by atoms with van der Waals surface area (Å²) in [6, 6.07) is 4.98. The van der Waals surface area contributed by atoms with Gasteiger partial charge in [-0.25, -0.2) is 22.4 Å². The molecule has 0 radical (unpaired) electrons. The molecular weight excluding hydrogens is 549 g/mol. The molecule has 4 rings (SSSR count). The molecule has 1 atom stereocenters. The molecule has 0 saturated carbocycles. The monoisotopic (exact) mass is 583 g/mol. The molecule has 1 amide bonds. The zero-order valence-corrected chi connectivity index (χ0v) is 23.8. The lowest BCUT2D eigenvalue weighted by atomic mass is 10.1. The summed E-state index contributed by atoms with van der Waals surface area (Å²) in [5, 5.41) is 18.1. The highest BCUT2D eigenvalue weighted by molar-refractivity contribution is 7.94. The Morgan fingerprint density at radius 1 is 1.08 bits per heavy atom. The molecule has 2 aromatic rings. The lowest BCUT2D eigenvalue weighted by Crippen LogP contribution is -2.46. The third-order valence-electron chi connectivity index (χ3n) is 7.10. The van der Waals surface area contributed by atoms with Crippen molar-refractivity contribution in [3.05, 3.63) is 41.5 Å². The van der Waals surface area contributed by atoms with Gasteiger partial charge in [-0.3, -0.25) is 9.69 Å². The number of hydrogen-bond donors (Lipinski definition) is 2. The summed E-state index contributed by atoms with van der Waals surface area (Å²) in [5.41, 5.74) is 1.19. The largest absolute Gasteiger partial charge is 0.478 e. The first-order valence-electron chi connectivity index (χ1n) is 12.6. The fraction of sp³-hybridized carbons (Fsp3) is 0.500. The van der Waals surface area contributed by atoms with Crippen LogP contribution >= 0.6 is 11.3 Å². The van der Waals surface area contributed by atoms with E-state index in [1.165, 1.54) is 30.5 Å². The van der Waals surface area contributed by atoms with Gasteiger partial charge in [-0.05, 0) is 58.4 Å². The molecule has 2 fully saturated rings. The summed E-state index contributed by atoms with van der Waals surface area (Å²) in [6.07, 6.45) is 2.84. The van der Waals surface area contributed by atoms with E-state index in [1.54, 1.807) is 24.3 Å². The molecule has 2 N–H and O–H groups in total. The molecule has 0 spiro atoms. The molecule has 2 aliphatic rings. The predicted octanol–water partition coefficient (Wildman–Crippen LogP) is 3.04. The molecule has 10 nitrogen and oxygen atoms in total. The van der Waals surface area contributed by atoms with Crippen molar-refractivity contribution in [2.24, 2.45) is 0 Å². The van der Waals surface area contributed by atoms with E-state index in [1.807, 2.05) is 6.07 Å². The van der Waals surface area contributed by atoms with Crippen molar-refractivity contribution in [2.75, 3.05) is 44.2 Å². The summed E-state index contributed by atoms with van der Waals surface area (Å²) < 4.78 is 38.0. The summed E-state index contributed by atoms with van der Waals surface area (Å²) in [6.45, 7) is 9.83. The lowest BCUT2D eigenvalue weighted by molar-refractivity contribution is -0.134. The van der Waals surface area contributed by atoms with Gasteiger partial charge in [0.05, 0.1) is 5.69 Å². The average molecular weight is 584 g/mol. The zero-order chi connectivity index (χ0) is 29.0. The van der Waals surface area contributed by atoms with Crippen LogP contribution in [0.15, 0.2) is 35.7 Å². The normalized spacial score (nSPS) is 20.8.